The molecule has 11 heteroatoms. The van der Waals surface area contributed by atoms with Crippen LogP contribution in [0.1, 0.15) is 6.42 Å². The molecule has 1 aliphatic heterocycles. The van der Waals surface area contributed by atoms with E-state index in [9.17, 15) is 21.2 Å². The molecule has 1 aromatic rings. The van der Waals surface area contributed by atoms with Crippen LogP contribution in [0.5, 0.6) is 0 Å². The highest BCUT2D eigenvalue weighted by atomic mass is 35.5. The van der Waals surface area contributed by atoms with Gasteiger partial charge in [-0.3, -0.25) is 4.72 Å². The highest BCUT2D eigenvalue weighted by Gasteiger charge is 2.32. The molecule has 0 bridgehead atoms. The molecular formula is C13H21ClFN3O4S2. The van der Waals surface area contributed by atoms with Gasteiger partial charge in [0.1, 0.15) is 5.82 Å². The van der Waals surface area contributed by atoms with Crippen LogP contribution in [-0.4, -0.2) is 54.1 Å². The fourth-order valence-electron chi connectivity index (χ4n) is 2.56. The third kappa shape index (κ3) is 5.03. The Balaban J connectivity index is 0.00000288. The van der Waals surface area contributed by atoms with E-state index in [-0.39, 0.29) is 28.9 Å². The first kappa shape index (κ1) is 21.1. The fourth-order valence-corrected chi connectivity index (χ4v) is 4.67. The molecule has 0 aromatic heterocycles. The summed E-state index contributed by atoms with van der Waals surface area (Å²) in [5.41, 5.74) is -0.277. The van der Waals surface area contributed by atoms with E-state index in [1.807, 2.05) is 4.72 Å². The van der Waals surface area contributed by atoms with Crippen LogP contribution in [0, 0.1) is 11.7 Å². The standard InChI is InChI=1S/C13H20FN3O4S2.ClH/c1-15-8-10-5-6-17(9-10)23(20,21)11-3-4-13(12(14)7-11)16-22(2,18)19;/h3-4,7,10,15-16H,5-6,8-9H2,1-2H3;1H. The zero-order chi connectivity index (χ0) is 17.3. The van der Waals surface area contributed by atoms with Crippen LogP contribution in [-0.2, 0) is 20.0 Å². The third-order valence-electron chi connectivity index (χ3n) is 3.62. The van der Waals surface area contributed by atoms with Crippen LogP contribution in [0.3, 0.4) is 0 Å². The van der Waals surface area contributed by atoms with Crippen molar-refractivity contribution >= 4 is 38.1 Å². The summed E-state index contributed by atoms with van der Waals surface area (Å²) in [4.78, 5) is -0.181. The molecule has 1 atom stereocenters. The lowest BCUT2D eigenvalue weighted by Gasteiger charge is -2.17. The van der Waals surface area contributed by atoms with E-state index in [1.165, 1.54) is 10.4 Å². The van der Waals surface area contributed by atoms with Gasteiger partial charge in [-0.25, -0.2) is 21.2 Å². The second-order valence-electron chi connectivity index (χ2n) is 5.59. The monoisotopic (exact) mass is 401 g/mol. The molecule has 1 unspecified atom stereocenters. The zero-order valence-electron chi connectivity index (χ0n) is 13.3. The maximum absolute atomic E-state index is 14.0. The van der Waals surface area contributed by atoms with Crippen molar-refractivity contribution in [3.8, 4) is 0 Å². The minimum absolute atomic E-state index is 0. The number of anilines is 1. The fraction of sp³-hybridized carbons (Fsp3) is 0.538. The Morgan fingerprint density at radius 1 is 1.29 bits per heavy atom. The molecule has 1 aromatic carbocycles. The quantitative estimate of drug-likeness (QED) is 0.736. The van der Waals surface area contributed by atoms with Crippen LogP contribution in [0.15, 0.2) is 23.1 Å². The van der Waals surface area contributed by atoms with Crippen molar-refractivity contribution in [3.05, 3.63) is 24.0 Å². The normalized spacial score (nSPS) is 19.0. The summed E-state index contributed by atoms with van der Waals surface area (Å²) in [6.07, 6.45) is 1.64. The number of rotatable bonds is 6. The molecule has 2 N–H and O–H groups in total. The van der Waals surface area contributed by atoms with Crippen molar-refractivity contribution in [2.45, 2.75) is 11.3 Å². The van der Waals surface area contributed by atoms with Crippen LogP contribution in [0.25, 0.3) is 0 Å². The Hall–Kier alpha value is -0.940. The molecule has 2 rings (SSSR count). The summed E-state index contributed by atoms with van der Waals surface area (Å²) >= 11 is 0. The number of benzene rings is 1. The van der Waals surface area contributed by atoms with E-state index < -0.39 is 25.9 Å². The highest BCUT2D eigenvalue weighted by molar-refractivity contribution is 7.92. The lowest BCUT2D eigenvalue weighted by molar-refractivity contribution is 0.450. The minimum Gasteiger partial charge on any atom is -0.319 e. The minimum atomic E-state index is -3.78. The van der Waals surface area contributed by atoms with Gasteiger partial charge in [-0.15, -0.1) is 12.4 Å². The number of sulfonamides is 2. The first-order valence-corrected chi connectivity index (χ1v) is 10.4. The SMILES string of the molecule is CNCC1CCN(S(=O)(=O)c2ccc(NS(C)(=O)=O)c(F)c2)C1.Cl. The summed E-state index contributed by atoms with van der Waals surface area (Å²) in [6.45, 7) is 1.49. The average Bonchev–Trinajstić information content (AvgIpc) is 2.89. The van der Waals surface area contributed by atoms with E-state index in [1.54, 1.807) is 7.05 Å². The zero-order valence-corrected chi connectivity index (χ0v) is 15.8. The van der Waals surface area contributed by atoms with Gasteiger partial charge in [-0.2, -0.15) is 4.31 Å². The lowest BCUT2D eigenvalue weighted by Crippen LogP contribution is -2.30. The Kier molecular flexibility index (Phi) is 7.00. The third-order valence-corrected chi connectivity index (χ3v) is 6.07. The molecule has 1 saturated heterocycles. The van der Waals surface area contributed by atoms with Crippen LogP contribution >= 0.6 is 12.4 Å². The Morgan fingerprint density at radius 3 is 2.50 bits per heavy atom. The topological polar surface area (TPSA) is 95.6 Å². The summed E-state index contributed by atoms with van der Waals surface area (Å²) in [7, 11) is -5.61. The van der Waals surface area contributed by atoms with Gasteiger partial charge in [0.25, 0.3) is 0 Å². The molecular weight excluding hydrogens is 381 g/mol. The number of nitrogens with one attached hydrogen (secondary N) is 2. The van der Waals surface area contributed by atoms with Crippen LogP contribution < -0.4 is 10.0 Å². The molecule has 0 aliphatic carbocycles. The van der Waals surface area contributed by atoms with Gasteiger partial charge >= 0.3 is 0 Å². The molecule has 0 radical (unpaired) electrons. The van der Waals surface area contributed by atoms with E-state index in [2.05, 4.69) is 5.32 Å². The molecule has 0 amide bonds. The van der Waals surface area contributed by atoms with E-state index in [4.69, 9.17) is 0 Å². The van der Waals surface area contributed by atoms with Crippen molar-refractivity contribution in [3.63, 3.8) is 0 Å². The molecule has 0 spiro atoms. The maximum atomic E-state index is 14.0. The lowest BCUT2D eigenvalue weighted by atomic mass is 10.1. The molecule has 1 fully saturated rings. The molecule has 138 valence electrons. The molecule has 7 nitrogen and oxygen atoms in total. The molecule has 1 heterocycles. The molecule has 24 heavy (non-hydrogen) atoms. The van der Waals surface area contributed by atoms with Crippen molar-refractivity contribution < 1.29 is 21.2 Å². The summed E-state index contributed by atoms with van der Waals surface area (Å²) in [6, 6.07) is 3.16. The van der Waals surface area contributed by atoms with Gasteiger partial charge < -0.3 is 5.32 Å². The highest BCUT2D eigenvalue weighted by Crippen LogP contribution is 2.26. The summed E-state index contributed by atoms with van der Waals surface area (Å²) in [5, 5.41) is 3.01. The number of hydrogen-bond donors (Lipinski definition) is 2. The maximum Gasteiger partial charge on any atom is 0.243 e. The van der Waals surface area contributed by atoms with Gasteiger partial charge in [0.2, 0.25) is 20.0 Å². The van der Waals surface area contributed by atoms with Crippen molar-refractivity contribution in [2.24, 2.45) is 5.92 Å². The van der Waals surface area contributed by atoms with Gasteiger partial charge in [-0.05, 0) is 44.1 Å². The van der Waals surface area contributed by atoms with Crippen molar-refractivity contribution in [2.75, 3.05) is 37.7 Å². The Bertz CT molecular complexity index is 786. The Morgan fingerprint density at radius 2 is 1.96 bits per heavy atom. The number of hydrogen-bond acceptors (Lipinski definition) is 5. The first-order chi connectivity index (χ1) is 10.6. The Labute approximate surface area is 148 Å². The van der Waals surface area contributed by atoms with E-state index in [0.717, 1.165) is 31.4 Å². The van der Waals surface area contributed by atoms with Crippen molar-refractivity contribution in [1.29, 1.82) is 0 Å². The van der Waals surface area contributed by atoms with Gasteiger partial charge in [0.15, 0.2) is 0 Å². The van der Waals surface area contributed by atoms with Gasteiger partial charge in [0.05, 0.1) is 16.8 Å². The second kappa shape index (κ2) is 7.96. The van der Waals surface area contributed by atoms with Crippen molar-refractivity contribution in [1.82, 2.24) is 9.62 Å². The van der Waals surface area contributed by atoms with Crippen LogP contribution in [0.4, 0.5) is 10.1 Å². The van der Waals surface area contributed by atoms with Gasteiger partial charge in [0, 0.05) is 13.1 Å². The smallest absolute Gasteiger partial charge is 0.243 e. The second-order valence-corrected chi connectivity index (χ2v) is 9.28. The summed E-state index contributed by atoms with van der Waals surface area (Å²) in [5.74, 6) is -0.701. The van der Waals surface area contributed by atoms with Crippen LogP contribution in [0.2, 0.25) is 0 Å². The number of halogens is 2. The first-order valence-electron chi connectivity index (χ1n) is 7.05. The van der Waals surface area contributed by atoms with E-state index in [0.29, 0.717) is 13.1 Å². The molecule has 1 aliphatic rings. The van der Waals surface area contributed by atoms with E-state index >= 15 is 0 Å². The predicted molar refractivity (Wildman–Crippen MR) is 92.9 cm³/mol. The number of nitrogens with zero attached hydrogens (tertiary/aromatic N) is 1. The largest absolute Gasteiger partial charge is 0.319 e. The summed E-state index contributed by atoms with van der Waals surface area (Å²) < 4.78 is 64.6. The predicted octanol–water partition coefficient (Wildman–Crippen LogP) is 0.849. The molecule has 0 saturated carbocycles. The average molecular weight is 402 g/mol. The van der Waals surface area contributed by atoms with Gasteiger partial charge in [-0.1, -0.05) is 0 Å².